The van der Waals surface area contributed by atoms with Crippen molar-refractivity contribution in [1.29, 1.82) is 0 Å². The molecule has 20 heavy (non-hydrogen) atoms. The third kappa shape index (κ3) is 2.86. The second-order valence-electron chi connectivity index (χ2n) is 5.90. The fraction of sp³-hybridized carbons (Fsp3) is 0.538. The highest BCUT2D eigenvalue weighted by Crippen LogP contribution is 2.48. The van der Waals surface area contributed by atoms with E-state index in [4.69, 9.17) is 23.2 Å². The molecule has 1 N–H and O–H groups in total. The lowest BCUT2D eigenvalue weighted by Gasteiger charge is -2.35. The zero-order chi connectivity index (χ0) is 14.3. The maximum absolute atomic E-state index is 6.34. The van der Waals surface area contributed by atoms with Gasteiger partial charge >= 0.3 is 0 Å². The van der Waals surface area contributed by atoms with E-state index < -0.39 is 0 Å². The number of rotatable bonds is 2. The van der Waals surface area contributed by atoms with Crippen LogP contribution in [0.2, 0.25) is 10.0 Å². The zero-order valence-corrected chi connectivity index (χ0v) is 14.4. The van der Waals surface area contributed by atoms with Gasteiger partial charge in [0.25, 0.3) is 0 Å². The van der Waals surface area contributed by atoms with Crippen LogP contribution in [0.4, 0.5) is 17.1 Å². The minimum absolute atomic E-state index is 0.346. The summed E-state index contributed by atoms with van der Waals surface area (Å²) in [6, 6.07) is 2.14. The number of fused-ring (bicyclic) bond motifs is 1. The largest absolute Gasteiger partial charge is 0.378 e. The van der Waals surface area contributed by atoms with Crippen molar-refractivity contribution in [2.45, 2.75) is 26.3 Å². The molecule has 1 unspecified atom stereocenters. The molecule has 1 atom stereocenters. The highest BCUT2D eigenvalue weighted by atomic mass is 35.5. The molecule has 2 aliphatic heterocycles. The normalized spacial score (nSPS) is 23.3. The van der Waals surface area contributed by atoms with Gasteiger partial charge in [0, 0.05) is 11.8 Å². The van der Waals surface area contributed by atoms with Crippen LogP contribution in [0.3, 0.4) is 0 Å². The van der Waals surface area contributed by atoms with Gasteiger partial charge in [-0.3, -0.25) is 0 Å². The molecule has 108 valence electrons. The number of benzene rings is 1. The Balaban J connectivity index is 1.89. The standard InChI is InChI=1S/C13H15Cl2N3S2/c1-13(2)4-7(5-19-6-13)16-10-8(14)3-9(15)11-12(10)18-20-17-11/h3,7,16H,4-6H2,1-2H3. The van der Waals surface area contributed by atoms with E-state index in [1.165, 1.54) is 5.75 Å². The number of anilines is 1. The monoisotopic (exact) mass is 347 g/mol. The summed E-state index contributed by atoms with van der Waals surface area (Å²) in [6.07, 6.45) is 1.12. The van der Waals surface area contributed by atoms with Crippen LogP contribution in [-0.2, 0) is 11.4 Å². The summed E-state index contributed by atoms with van der Waals surface area (Å²) in [7, 11) is 0. The van der Waals surface area contributed by atoms with E-state index in [9.17, 15) is 0 Å². The Labute approximate surface area is 136 Å². The van der Waals surface area contributed by atoms with E-state index >= 15 is 0 Å². The van der Waals surface area contributed by atoms with Gasteiger partial charge < -0.3 is 5.32 Å². The van der Waals surface area contributed by atoms with E-state index in [-0.39, 0.29) is 0 Å². The van der Waals surface area contributed by atoms with Gasteiger partial charge in [-0.25, -0.2) is 0 Å². The summed E-state index contributed by atoms with van der Waals surface area (Å²) in [6.45, 7) is 4.61. The lowest BCUT2D eigenvalue weighted by Crippen LogP contribution is -2.35. The first-order valence-corrected chi connectivity index (χ1v) is 9.05. The van der Waals surface area contributed by atoms with Gasteiger partial charge in [0.05, 0.1) is 27.1 Å². The van der Waals surface area contributed by atoms with Crippen molar-refractivity contribution in [3.8, 4) is 0 Å². The SMILES string of the molecule is CC1(C)CSCC(Nc2c(Cl)cc(Cl)c3c2N=S=N3)C1. The molecule has 1 aromatic carbocycles. The number of nitrogens with zero attached hydrogens (tertiary/aromatic N) is 2. The quantitative estimate of drug-likeness (QED) is 0.760. The lowest BCUT2D eigenvalue weighted by molar-refractivity contribution is 0.358. The predicted molar refractivity (Wildman–Crippen MR) is 91.1 cm³/mol. The average molecular weight is 348 g/mol. The number of thioether (sulfide) groups is 1. The summed E-state index contributed by atoms with van der Waals surface area (Å²) in [5.41, 5.74) is 2.72. The van der Waals surface area contributed by atoms with Gasteiger partial charge in [0.15, 0.2) is 0 Å². The summed E-state index contributed by atoms with van der Waals surface area (Å²) in [5.74, 6) is 2.29. The fourth-order valence-electron chi connectivity index (χ4n) is 2.57. The second-order valence-corrected chi connectivity index (χ2v) is 8.27. The minimum atomic E-state index is 0.346. The first kappa shape index (κ1) is 14.7. The Bertz CT molecular complexity index is 625. The van der Waals surface area contributed by atoms with Crippen LogP contribution in [0, 0.1) is 5.41 Å². The molecular weight excluding hydrogens is 333 g/mol. The highest BCUT2D eigenvalue weighted by molar-refractivity contribution is 7.99. The van der Waals surface area contributed by atoms with Crippen LogP contribution in [0.1, 0.15) is 20.3 Å². The van der Waals surface area contributed by atoms with E-state index in [2.05, 4.69) is 27.9 Å². The summed E-state index contributed by atoms with van der Waals surface area (Å²) in [4.78, 5) is 0. The molecule has 1 saturated heterocycles. The van der Waals surface area contributed by atoms with Crippen LogP contribution in [0.25, 0.3) is 0 Å². The maximum atomic E-state index is 6.34. The Morgan fingerprint density at radius 1 is 1.25 bits per heavy atom. The van der Waals surface area contributed by atoms with Crippen molar-refractivity contribution in [2.24, 2.45) is 14.1 Å². The first-order valence-electron chi connectivity index (χ1n) is 6.41. The van der Waals surface area contributed by atoms with Gasteiger partial charge in [-0.1, -0.05) is 37.0 Å². The second kappa shape index (κ2) is 5.52. The van der Waals surface area contributed by atoms with Gasteiger partial charge in [-0.2, -0.15) is 20.5 Å². The Morgan fingerprint density at radius 3 is 2.75 bits per heavy atom. The van der Waals surface area contributed by atoms with E-state index in [0.717, 1.165) is 40.6 Å². The average Bonchev–Trinajstić information content (AvgIpc) is 2.82. The van der Waals surface area contributed by atoms with Crippen LogP contribution >= 0.6 is 35.0 Å². The van der Waals surface area contributed by atoms with Crippen molar-refractivity contribution in [3.05, 3.63) is 16.1 Å². The molecule has 1 fully saturated rings. The highest BCUT2D eigenvalue weighted by Gasteiger charge is 2.30. The predicted octanol–water partition coefficient (Wildman–Crippen LogP) is 5.66. The Hall–Kier alpha value is -0.230. The number of nitrogens with one attached hydrogen (secondary N) is 1. The molecule has 0 bridgehead atoms. The van der Waals surface area contributed by atoms with Crippen molar-refractivity contribution in [1.82, 2.24) is 0 Å². The van der Waals surface area contributed by atoms with E-state index in [1.54, 1.807) is 6.07 Å². The number of hydrogen-bond acceptors (Lipinski definition) is 4. The fourth-order valence-corrected chi connectivity index (χ4v) is 5.01. The smallest absolute Gasteiger partial charge is 0.130 e. The van der Waals surface area contributed by atoms with E-state index in [1.807, 2.05) is 11.8 Å². The molecule has 2 heterocycles. The first-order chi connectivity index (χ1) is 9.46. The third-order valence-electron chi connectivity index (χ3n) is 3.40. The Morgan fingerprint density at radius 2 is 2.00 bits per heavy atom. The Kier molecular flexibility index (Phi) is 4.06. The molecule has 7 heteroatoms. The van der Waals surface area contributed by atoms with Crippen LogP contribution < -0.4 is 5.32 Å². The minimum Gasteiger partial charge on any atom is -0.378 e. The molecule has 0 saturated carbocycles. The maximum Gasteiger partial charge on any atom is 0.130 e. The molecule has 1 aromatic rings. The lowest BCUT2D eigenvalue weighted by atomic mass is 9.87. The number of hydrogen-bond donors (Lipinski definition) is 1. The molecule has 0 spiro atoms. The van der Waals surface area contributed by atoms with Gasteiger partial charge in [0.1, 0.15) is 11.4 Å². The van der Waals surface area contributed by atoms with Gasteiger partial charge in [-0.15, -0.1) is 0 Å². The topological polar surface area (TPSA) is 36.8 Å². The van der Waals surface area contributed by atoms with E-state index in [0.29, 0.717) is 21.5 Å². The van der Waals surface area contributed by atoms with Gasteiger partial charge in [0.2, 0.25) is 0 Å². The molecule has 0 amide bonds. The molecule has 0 aromatic heterocycles. The van der Waals surface area contributed by atoms with Crippen molar-refractivity contribution in [2.75, 3.05) is 16.8 Å². The van der Waals surface area contributed by atoms with Crippen LogP contribution in [-0.4, -0.2) is 17.5 Å². The van der Waals surface area contributed by atoms with Crippen molar-refractivity contribution < 1.29 is 0 Å². The van der Waals surface area contributed by atoms with Crippen LogP contribution in [0.15, 0.2) is 14.8 Å². The third-order valence-corrected chi connectivity index (χ3v) is 6.14. The molecule has 3 rings (SSSR count). The molecular formula is C13H15Cl2N3S2. The zero-order valence-electron chi connectivity index (χ0n) is 11.2. The molecule has 3 nitrogen and oxygen atoms in total. The summed E-state index contributed by atoms with van der Waals surface area (Å²) >= 11 is 15.6. The summed E-state index contributed by atoms with van der Waals surface area (Å²) < 4.78 is 8.57. The summed E-state index contributed by atoms with van der Waals surface area (Å²) in [5, 5.41) is 4.73. The van der Waals surface area contributed by atoms with Crippen molar-refractivity contribution in [3.63, 3.8) is 0 Å². The van der Waals surface area contributed by atoms with Crippen molar-refractivity contribution >= 4 is 63.4 Å². The molecule has 0 radical (unpaired) electrons. The molecule has 2 aliphatic rings. The number of halogens is 2. The van der Waals surface area contributed by atoms with Crippen LogP contribution in [0.5, 0.6) is 0 Å². The molecule has 0 aliphatic carbocycles. The van der Waals surface area contributed by atoms with Gasteiger partial charge in [-0.05, 0) is 23.7 Å².